The van der Waals surface area contributed by atoms with E-state index < -0.39 is 15.6 Å². The van der Waals surface area contributed by atoms with Crippen molar-refractivity contribution in [1.29, 1.82) is 0 Å². The normalized spacial score (nSPS) is 22.2. The third-order valence-electron chi connectivity index (χ3n) is 7.47. The molecule has 0 unspecified atom stereocenters. The molecule has 1 saturated carbocycles. The number of rotatable bonds is 7. The Kier molecular flexibility index (Phi) is 7.12. The third kappa shape index (κ3) is 4.96. The van der Waals surface area contributed by atoms with Crippen LogP contribution in [0.5, 0.6) is 0 Å². The molecule has 1 aromatic carbocycles. The Morgan fingerprint density at radius 2 is 1.76 bits per heavy atom. The predicted molar refractivity (Wildman–Crippen MR) is 129 cm³/mol. The van der Waals surface area contributed by atoms with Gasteiger partial charge < -0.3 is 9.64 Å². The Morgan fingerprint density at radius 3 is 2.39 bits per heavy atom. The molecule has 1 heterocycles. The minimum atomic E-state index is -3.79. The van der Waals surface area contributed by atoms with Gasteiger partial charge in [-0.3, -0.25) is 4.79 Å². The van der Waals surface area contributed by atoms with E-state index >= 15 is 0 Å². The highest BCUT2D eigenvalue weighted by Gasteiger charge is 2.50. The zero-order chi connectivity index (χ0) is 23.6. The Labute approximate surface area is 198 Å². The van der Waals surface area contributed by atoms with E-state index in [0.717, 1.165) is 56.5 Å². The molecule has 0 spiro atoms. The number of ether oxygens (including phenoxy) is 1. The van der Waals surface area contributed by atoms with Crippen LogP contribution in [0.3, 0.4) is 0 Å². The molecule has 0 amide bonds. The van der Waals surface area contributed by atoms with Gasteiger partial charge in [0.05, 0.1) is 10.4 Å². The van der Waals surface area contributed by atoms with E-state index in [4.69, 9.17) is 4.74 Å². The fourth-order valence-corrected chi connectivity index (χ4v) is 6.79. The van der Waals surface area contributed by atoms with Gasteiger partial charge in [0.15, 0.2) is 5.78 Å². The summed E-state index contributed by atoms with van der Waals surface area (Å²) >= 11 is 0. The number of likely N-dealkylation sites (N-methyl/N-ethyl adjacent to an activating group) is 1. The van der Waals surface area contributed by atoms with Crippen LogP contribution in [0.25, 0.3) is 0 Å². The van der Waals surface area contributed by atoms with Crippen LogP contribution in [0.4, 0.5) is 0 Å². The highest BCUT2D eigenvalue weighted by molar-refractivity contribution is 7.89. The predicted octanol–water partition coefficient (Wildman–Crippen LogP) is 4.21. The zero-order valence-corrected chi connectivity index (χ0v) is 20.9. The van der Waals surface area contributed by atoms with Crippen LogP contribution < -0.4 is 0 Å². The number of carbonyl (C=O) groups is 1. The minimum absolute atomic E-state index is 0.0595. The van der Waals surface area contributed by atoms with Crippen molar-refractivity contribution in [1.82, 2.24) is 9.21 Å². The summed E-state index contributed by atoms with van der Waals surface area (Å²) in [5.74, 6) is 0.701. The van der Waals surface area contributed by atoms with E-state index in [1.807, 2.05) is 13.0 Å². The standard InChI is InChI=1S/C26H36N2O4S/c1-20-9-11-24(12-10-20)33(30,31)28(3)26(15-4-5-16-26)25(29)21-7-6-8-23(19-21)32-22-13-17-27(2)18-14-22/h8-12,19,22H,4-7,13-18H2,1-3H3. The average molecular weight is 473 g/mol. The van der Waals surface area contributed by atoms with E-state index in [1.54, 1.807) is 31.3 Å². The summed E-state index contributed by atoms with van der Waals surface area (Å²) in [6, 6.07) is 6.85. The molecule has 0 bridgehead atoms. The molecule has 1 saturated heterocycles. The first-order valence-electron chi connectivity index (χ1n) is 12.1. The van der Waals surface area contributed by atoms with Crippen molar-refractivity contribution in [2.45, 2.75) is 74.8 Å². The van der Waals surface area contributed by atoms with Gasteiger partial charge in [-0.1, -0.05) is 30.5 Å². The van der Waals surface area contributed by atoms with Crippen molar-refractivity contribution in [3.05, 3.63) is 53.3 Å². The average Bonchev–Trinajstić information content (AvgIpc) is 3.31. The fraction of sp³-hybridized carbons (Fsp3) is 0.577. The van der Waals surface area contributed by atoms with Crippen LogP contribution in [0, 0.1) is 6.92 Å². The number of allylic oxidation sites excluding steroid dienone is 2. The number of nitrogens with zero attached hydrogens (tertiary/aromatic N) is 2. The number of piperidine rings is 1. The summed E-state index contributed by atoms with van der Waals surface area (Å²) in [4.78, 5) is 16.4. The van der Waals surface area contributed by atoms with Crippen molar-refractivity contribution >= 4 is 15.8 Å². The van der Waals surface area contributed by atoms with Gasteiger partial charge in [0.25, 0.3) is 0 Å². The number of ketones is 1. The van der Waals surface area contributed by atoms with Crippen molar-refractivity contribution in [3.63, 3.8) is 0 Å². The van der Waals surface area contributed by atoms with Crippen LogP contribution in [-0.4, -0.2) is 62.2 Å². The lowest BCUT2D eigenvalue weighted by molar-refractivity contribution is -0.124. The molecule has 1 aliphatic heterocycles. The van der Waals surface area contributed by atoms with Gasteiger partial charge in [-0.2, -0.15) is 4.31 Å². The molecule has 3 aliphatic rings. The Bertz CT molecular complexity index is 1030. The summed E-state index contributed by atoms with van der Waals surface area (Å²) in [5.41, 5.74) is 0.666. The van der Waals surface area contributed by atoms with Crippen molar-refractivity contribution in [2.75, 3.05) is 27.2 Å². The first-order chi connectivity index (χ1) is 15.7. The summed E-state index contributed by atoms with van der Waals surface area (Å²) in [7, 11) is -0.0910. The number of aryl methyl sites for hydroxylation is 1. The Balaban J connectivity index is 1.57. The van der Waals surface area contributed by atoms with E-state index in [1.165, 1.54) is 4.31 Å². The van der Waals surface area contributed by atoms with E-state index in [2.05, 4.69) is 18.0 Å². The molecule has 1 aromatic rings. The number of hydrogen-bond donors (Lipinski definition) is 0. The molecular weight excluding hydrogens is 436 g/mol. The topological polar surface area (TPSA) is 66.9 Å². The van der Waals surface area contributed by atoms with Gasteiger partial charge >= 0.3 is 0 Å². The molecule has 33 heavy (non-hydrogen) atoms. The van der Waals surface area contributed by atoms with E-state index in [0.29, 0.717) is 24.8 Å². The number of sulfonamides is 1. The van der Waals surface area contributed by atoms with Gasteiger partial charge in [-0.15, -0.1) is 0 Å². The van der Waals surface area contributed by atoms with E-state index in [9.17, 15) is 13.2 Å². The van der Waals surface area contributed by atoms with Gasteiger partial charge in [-0.05, 0) is 76.8 Å². The molecule has 0 radical (unpaired) electrons. The minimum Gasteiger partial charge on any atom is -0.491 e. The first kappa shape index (κ1) is 24.2. The maximum atomic E-state index is 13.9. The molecule has 0 aromatic heterocycles. The van der Waals surface area contributed by atoms with Crippen LogP contribution in [-0.2, 0) is 19.6 Å². The zero-order valence-electron chi connectivity index (χ0n) is 20.0. The molecule has 4 rings (SSSR count). The summed E-state index contributed by atoms with van der Waals surface area (Å²) < 4.78 is 34.6. The van der Waals surface area contributed by atoms with Crippen LogP contribution >= 0.6 is 0 Å². The van der Waals surface area contributed by atoms with Crippen LogP contribution in [0.15, 0.2) is 52.6 Å². The Hall–Kier alpha value is -1.96. The molecular formula is C26H36N2O4S. The molecule has 6 nitrogen and oxygen atoms in total. The Morgan fingerprint density at radius 1 is 1.12 bits per heavy atom. The molecule has 7 heteroatoms. The SMILES string of the molecule is Cc1ccc(S(=O)(=O)N(C)C2(C(=O)C3=CC(OC4CCN(C)CC4)=CCC3)CCCC2)cc1. The molecule has 2 aliphatic carbocycles. The number of benzene rings is 1. The maximum absolute atomic E-state index is 13.9. The molecule has 0 atom stereocenters. The third-order valence-corrected chi connectivity index (χ3v) is 9.41. The fourth-order valence-electron chi connectivity index (χ4n) is 5.27. The van der Waals surface area contributed by atoms with Gasteiger partial charge in [0.2, 0.25) is 10.0 Å². The summed E-state index contributed by atoms with van der Waals surface area (Å²) in [6.45, 7) is 3.95. The van der Waals surface area contributed by atoms with Crippen molar-refractivity contribution in [3.8, 4) is 0 Å². The number of hydrogen-bond acceptors (Lipinski definition) is 5. The maximum Gasteiger partial charge on any atom is 0.243 e. The summed E-state index contributed by atoms with van der Waals surface area (Å²) in [6.07, 6.45) is 10.2. The second-order valence-corrected chi connectivity index (χ2v) is 11.8. The van der Waals surface area contributed by atoms with Crippen LogP contribution in [0.1, 0.15) is 56.9 Å². The highest BCUT2D eigenvalue weighted by atomic mass is 32.2. The lowest BCUT2D eigenvalue weighted by Gasteiger charge is -2.37. The van der Waals surface area contributed by atoms with Gasteiger partial charge in [-0.25, -0.2) is 8.42 Å². The van der Waals surface area contributed by atoms with Crippen molar-refractivity contribution < 1.29 is 17.9 Å². The molecule has 0 N–H and O–H groups in total. The smallest absolute Gasteiger partial charge is 0.243 e. The second kappa shape index (κ2) is 9.72. The van der Waals surface area contributed by atoms with Gasteiger partial charge in [0.1, 0.15) is 11.9 Å². The number of carbonyl (C=O) groups excluding carboxylic acids is 1. The summed E-state index contributed by atoms with van der Waals surface area (Å²) in [5, 5.41) is 0. The first-order valence-corrected chi connectivity index (χ1v) is 13.5. The lowest BCUT2D eigenvalue weighted by Crippen LogP contribution is -2.53. The lowest BCUT2D eigenvalue weighted by atomic mass is 9.84. The second-order valence-electron chi connectivity index (χ2n) is 9.79. The van der Waals surface area contributed by atoms with Crippen LogP contribution in [0.2, 0.25) is 0 Å². The largest absolute Gasteiger partial charge is 0.491 e. The number of Topliss-reactive ketones (excluding diaryl/α,β-unsaturated/α-hetero) is 1. The number of likely N-dealkylation sites (tertiary alicyclic amines) is 1. The van der Waals surface area contributed by atoms with E-state index in [-0.39, 0.29) is 16.8 Å². The van der Waals surface area contributed by atoms with Gasteiger partial charge in [0, 0.05) is 25.7 Å². The molecule has 2 fully saturated rings. The monoisotopic (exact) mass is 472 g/mol. The highest BCUT2D eigenvalue weighted by Crippen LogP contribution is 2.41. The molecule has 180 valence electrons. The van der Waals surface area contributed by atoms with Crippen molar-refractivity contribution in [2.24, 2.45) is 0 Å². The quantitative estimate of drug-likeness (QED) is 0.595.